The number of H-pyrrole nitrogens is 1. The highest BCUT2D eigenvalue weighted by Crippen LogP contribution is 2.25. The SMILES string of the molecule is CN(CC1CCCCC1)C(=O)CCn1c(-c2cccs2)n[nH]c1=S. The molecule has 0 aliphatic heterocycles. The number of thiophene rings is 1. The van der Waals surface area contributed by atoms with Crippen LogP contribution in [0.4, 0.5) is 0 Å². The van der Waals surface area contributed by atoms with Crippen LogP contribution in [0.5, 0.6) is 0 Å². The van der Waals surface area contributed by atoms with Gasteiger partial charge in [-0.2, -0.15) is 5.10 Å². The third-order valence-corrected chi connectivity index (χ3v) is 5.91. The Balaban J connectivity index is 1.58. The third kappa shape index (κ3) is 4.13. The highest BCUT2D eigenvalue weighted by Gasteiger charge is 2.19. The smallest absolute Gasteiger partial charge is 0.224 e. The Labute approximate surface area is 151 Å². The lowest BCUT2D eigenvalue weighted by Gasteiger charge is -2.27. The molecular formula is C17H24N4OS2. The summed E-state index contributed by atoms with van der Waals surface area (Å²) < 4.78 is 2.49. The van der Waals surface area contributed by atoms with Gasteiger partial charge >= 0.3 is 0 Å². The maximum atomic E-state index is 12.5. The molecule has 1 amide bonds. The number of carbonyl (C=O) groups is 1. The fourth-order valence-electron chi connectivity index (χ4n) is 3.38. The van der Waals surface area contributed by atoms with Crippen LogP contribution in [-0.4, -0.2) is 39.2 Å². The molecule has 1 fully saturated rings. The molecule has 0 radical (unpaired) electrons. The first-order chi connectivity index (χ1) is 11.6. The van der Waals surface area contributed by atoms with Crippen molar-refractivity contribution in [3.05, 3.63) is 22.3 Å². The molecule has 0 unspecified atom stereocenters. The number of nitrogens with zero attached hydrogens (tertiary/aromatic N) is 3. The van der Waals surface area contributed by atoms with E-state index in [2.05, 4.69) is 10.2 Å². The number of aromatic amines is 1. The van der Waals surface area contributed by atoms with Gasteiger partial charge in [-0.05, 0) is 42.4 Å². The van der Waals surface area contributed by atoms with Crippen LogP contribution in [0.3, 0.4) is 0 Å². The lowest BCUT2D eigenvalue weighted by atomic mass is 9.89. The molecule has 7 heteroatoms. The van der Waals surface area contributed by atoms with Gasteiger partial charge in [-0.3, -0.25) is 14.5 Å². The van der Waals surface area contributed by atoms with Crippen molar-refractivity contribution in [3.63, 3.8) is 0 Å². The summed E-state index contributed by atoms with van der Waals surface area (Å²) in [5.74, 6) is 1.67. The van der Waals surface area contributed by atoms with Gasteiger partial charge in [0.15, 0.2) is 10.6 Å². The zero-order valence-corrected chi connectivity index (χ0v) is 15.7. The predicted octanol–water partition coefficient (Wildman–Crippen LogP) is 4.10. The summed E-state index contributed by atoms with van der Waals surface area (Å²) in [6.45, 7) is 1.45. The second-order valence-electron chi connectivity index (χ2n) is 6.51. The van der Waals surface area contributed by atoms with Gasteiger partial charge in [-0.1, -0.05) is 25.3 Å². The minimum atomic E-state index is 0.181. The van der Waals surface area contributed by atoms with Crippen LogP contribution in [0.1, 0.15) is 38.5 Å². The second-order valence-corrected chi connectivity index (χ2v) is 7.84. The highest BCUT2D eigenvalue weighted by molar-refractivity contribution is 7.71. The summed E-state index contributed by atoms with van der Waals surface area (Å²) in [5, 5.41) is 9.16. The maximum Gasteiger partial charge on any atom is 0.224 e. The zero-order valence-electron chi connectivity index (χ0n) is 14.0. The van der Waals surface area contributed by atoms with Crippen LogP contribution in [0.25, 0.3) is 10.7 Å². The van der Waals surface area contributed by atoms with Crippen LogP contribution in [0, 0.1) is 10.7 Å². The average Bonchev–Trinajstić information content (AvgIpc) is 3.23. The van der Waals surface area contributed by atoms with Crippen molar-refractivity contribution in [1.82, 2.24) is 19.7 Å². The van der Waals surface area contributed by atoms with E-state index < -0.39 is 0 Å². The average molecular weight is 365 g/mol. The number of hydrogen-bond acceptors (Lipinski definition) is 4. The maximum absolute atomic E-state index is 12.5. The molecule has 0 spiro atoms. The van der Waals surface area contributed by atoms with E-state index in [-0.39, 0.29) is 5.91 Å². The molecule has 3 rings (SSSR count). The van der Waals surface area contributed by atoms with Gasteiger partial charge in [-0.25, -0.2) is 0 Å². The van der Waals surface area contributed by atoms with E-state index in [9.17, 15) is 4.79 Å². The topological polar surface area (TPSA) is 53.9 Å². The Hall–Kier alpha value is -1.47. The molecule has 5 nitrogen and oxygen atoms in total. The largest absolute Gasteiger partial charge is 0.345 e. The second kappa shape index (κ2) is 8.07. The first-order valence-electron chi connectivity index (χ1n) is 8.58. The lowest BCUT2D eigenvalue weighted by molar-refractivity contribution is -0.130. The van der Waals surface area contributed by atoms with Gasteiger partial charge < -0.3 is 4.90 Å². The summed E-state index contributed by atoms with van der Waals surface area (Å²) in [4.78, 5) is 15.4. The molecular weight excluding hydrogens is 340 g/mol. The summed E-state index contributed by atoms with van der Waals surface area (Å²) in [6, 6.07) is 4.01. The van der Waals surface area contributed by atoms with Gasteiger partial charge in [0.1, 0.15) is 0 Å². The molecule has 2 heterocycles. The third-order valence-electron chi connectivity index (χ3n) is 4.73. The quantitative estimate of drug-likeness (QED) is 0.785. The Kier molecular flexibility index (Phi) is 5.84. The molecule has 130 valence electrons. The van der Waals surface area contributed by atoms with Crippen LogP contribution < -0.4 is 0 Å². The molecule has 0 aromatic carbocycles. The van der Waals surface area contributed by atoms with Crippen molar-refractivity contribution in [2.24, 2.45) is 5.92 Å². The summed E-state index contributed by atoms with van der Waals surface area (Å²) in [6.07, 6.45) is 6.93. The van der Waals surface area contributed by atoms with Crippen molar-refractivity contribution in [2.75, 3.05) is 13.6 Å². The fourth-order valence-corrected chi connectivity index (χ4v) is 4.32. The number of nitrogens with one attached hydrogen (secondary N) is 1. The molecule has 2 aromatic rings. The molecule has 0 bridgehead atoms. The van der Waals surface area contributed by atoms with Crippen molar-refractivity contribution >= 4 is 29.5 Å². The van der Waals surface area contributed by atoms with Gasteiger partial charge in [0, 0.05) is 26.6 Å². The number of aromatic nitrogens is 3. The number of rotatable bonds is 6. The van der Waals surface area contributed by atoms with Crippen molar-refractivity contribution < 1.29 is 4.79 Å². The molecule has 1 aliphatic carbocycles. The van der Waals surface area contributed by atoms with Crippen molar-refractivity contribution in [3.8, 4) is 10.7 Å². The number of hydrogen-bond donors (Lipinski definition) is 1. The summed E-state index contributed by atoms with van der Waals surface area (Å²) >= 11 is 6.94. The molecule has 1 saturated carbocycles. The number of amides is 1. The first kappa shape index (κ1) is 17.4. The standard InChI is InChI=1S/C17H24N4OS2/c1-20(12-13-6-3-2-4-7-13)15(22)9-10-21-16(18-19-17(21)23)14-8-5-11-24-14/h5,8,11,13H,2-4,6-7,9-10,12H2,1H3,(H,19,23). The predicted molar refractivity (Wildman–Crippen MR) is 99.6 cm³/mol. The van der Waals surface area contributed by atoms with E-state index in [1.54, 1.807) is 11.3 Å². The Morgan fingerprint density at radius 3 is 2.96 bits per heavy atom. The Morgan fingerprint density at radius 1 is 1.46 bits per heavy atom. The van der Waals surface area contributed by atoms with E-state index in [1.165, 1.54) is 32.1 Å². The molecule has 1 N–H and O–H groups in total. The number of carbonyl (C=O) groups excluding carboxylic acids is 1. The van der Waals surface area contributed by atoms with Crippen molar-refractivity contribution in [2.45, 2.75) is 45.1 Å². The molecule has 0 saturated heterocycles. The Bertz CT molecular complexity index is 713. The summed E-state index contributed by atoms with van der Waals surface area (Å²) in [7, 11) is 1.92. The van der Waals surface area contributed by atoms with E-state index in [1.807, 2.05) is 34.0 Å². The zero-order chi connectivity index (χ0) is 16.9. The highest BCUT2D eigenvalue weighted by atomic mass is 32.1. The molecule has 2 aromatic heterocycles. The van der Waals surface area contributed by atoms with Crippen LogP contribution in [0.15, 0.2) is 17.5 Å². The van der Waals surface area contributed by atoms with Gasteiger partial charge in [-0.15, -0.1) is 11.3 Å². The van der Waals surface area contributed by atoms with Crippen molar-refractivity contribution in [1.29, 1.82) is 0 Å². The minimum Gasteiger partial charge on any atom is -0.345 e. The Morgan fingerprint density at radius 2 is 2.25 bits per heavy atom. The van der Waals surface area contributed by atoms with Gasteiger partial charge in [0.25, 0.3) is 0 Å². The normalized spacial score (nSPS) is 15.5. The molecule has 1 aliphatic rings. The monoisotopic (exact) mass is 364 g/mol. The molecule has 24 heavy (non-hydrogen) atoms. The fraction of sp³-hybridized carbons (Fsp3) is 0.588. The van der Waals surface area contributed by atoms with Crippen LogP contribution in [0.2, 0.25) is 0 Å². The van der Waals surface area contributed by atoms with E-state index in [4.69, 9.17) is 12.2 Å². The summed E-state index contributed by atoms with van der Waals surface area (Å²) in [5.41, 5.74) is 0. The minimum absolute atomic E-state index is 0.181. The van der Waals surface area contributed by atoms with Crippen LogP contribution in [-0.2, 0) is 11.3 Å². The van der Waals surface area contributed by atoms with E-state index >= 15 is 0 Å². The first-order valence-corrected chi connectivity index (χ1v) is 9.87. The van der Waals surface area contributed by atoms with Crippen LogP contribution >= 0.6 is 23.6 Å². The molecule has 0 atom stereocenters. The van der Waals surface area contributed by atoms with E-state index in [0.29, 0.717) is 23.7 Å². The lowest BCUT2D eigenvalue weighted by Crippen LogP contribution is -2.33. The van der Waals surface area contributed by atoms with Gasteiger partial charge in [0.05, 0.1) is 4.88 Å². The van der Waals surface area contributed by atoms with E-state index in [0.717, 1.165) is 17.2 Å². The van der Waals surface area contributed by atoms with Gasteiger partial charge in [0.2, 0.25) is 5.91 Å².